The molecular weight excluding hydrogens is 284 g/mol. The lowest BCUT2D eigenvalue weighted by Crippen LogP contribution is -2.22. The minimum atomic E-state index is -0.531. The van der Waals surface area contributed by atoms with Crippen LogP contribution in [0.2, 0.25) is 0 Å². The molecule has 0 unspecified atom stereocenters. The highest BCUT2D eigenvalue weighted by Gasteiger charge is 2.22. The van der Waals surface area contributed by atoms with E-state index in [1.807, 2.05) is 0 Å². The zero-order valence-corrected chi connectivity index (χ0v) is 11.4. The van der Waals surface area contributed by atoms with Crippen molar-refractivity contribution in [2.75, 3.05) is 0 Å². The molecule has 0 aliphatic carbocycles. The van der Waals surface area contributed by atoms with Gasteiger partial charge in [0.15, 0.2) is 0 Å². The number of imide groups is 1. The number of imidazole rings is 1. The normalized spacial score (nSPS) is 16.9. The van der Waals surface area contributed by atoms with Gasteiger partial charge in [-0.15, -0.1) is 0 Å². The molecule has 0 radical (unpaired) electrons. The van der Waals surface area contributed by atoms with E-state index in [1.165, 1.54) is 0 Å². The van der Waals surface area contributed by atoms with E-state index in [9.17, 15) is 14.4 Å². The number of hydrogen-bond donors (Lipinski definition) is 4. The lowest BCUT2D eigenvalue weighted by atomic mass is 10.1. The Labute approximate surface area is 124 Å². The molecular formula is C15H12N4O3. The Morgan fingerprint density at radius 2 is 1.50 bits per heavy atom. The fraction of sp³-hybridized carbons (Fsp3) is 0. The van der Waals surface area contributed by atoms with Gasteiger partial charge in [0.25, 0.3) is 11.5 Å². The molecule has 3 amide bonds. The van der Waals surface area contributed by atoms with Crippen LogP contribution in [-0.2, 0) is 4.79 Å². The van der Waals surface area contributed by atoms with Crippen LogP contribution in [0.3, 0.4) is 0 Å². The summed E-state index contributed by atoms with van der Waals surface area (Å²) in [5.41, 5.74) is 1.98. The van der Waals surface area contributed by atoms with E-state index in [2.05, 4.69) is 27.2 Å². The van der Waals surface area contributed by atoms with E-state index in [4.69, 9.17) is 0 Å². The Bertz CT molecular complexity index is 948. The Morgan fingerprint density at radius 1 is 0.864 bits per heavy atom. The number of benzene rings is 1. The fourth-order valence-electron chi connectivity index (χ4n) is 2.06. The van der Waals surface area contributed by atoms with Crippen molar-refractivity contribution in [3.05, 3.63) is 62.3 Å². The molecule has 0 saturated carbocycles. The van der Waals surface area contributed by atoms with Crippen LogP contribution in [0.1, 0.15) is 11.1 Å². The molecule has 7 heteroatoms. The van der Waals surface area contributed by atoms with Gasteiger partial charge < -0.3 is 15.3 Å². The van der Waals surface area contributed by atoms with E-state index in [1.54, 1.807) is 36.4 Å². The molecule has 2 heterocycles. The molecule has 2 aromatic rings. The number of aromatic nitrogens is 2. The van der Waals surface area contributed by atoms with Gasteiger partial charge in [0.05, 0.1) is 0 Å². The Kier molecular flexibility index (Phi) is 3.23. The summed E-state index contributed by atoms with van der Waals surface area (Å²) in [5.74, 6) is -0.457. The summed E-state index contributed by atoms with van der Waals surface area (Å²) in [6.07, 6.45) is 3.26. The van der Waals surface area contributed by atoms with Gasteiger partial charge in [0.1, 0.15) is 16.5 Å². The molecule has 110 valence electrons. The Balaban J connectivity index is 1.89. The quantitative estimate of drug-likeness (QED) is 0.427. The molecule has 0 bridgehead atoms. The SMILES string of the molecule is C=c1[nH]c(=O)/c(=C/c2ccc(/C=C3/NC(=O)NC3=O)cc2)[nH]1. The highest BCUT2D eigenvalue weighted by atomic mass is 16.2. The maximum absolute atomic E-state index is 11.6. The molecule has 4 N–H and O–H groups in total. The van der Waals surface area contributed by atoms with Gasteiger partial charge in [-0.2, -0.15) is 0 Å². The summed E-state index contributed by atoms with van der Waals surface area (Å²) < 4.78 is 0. The second-order valence-corrected chi connectivity index (χ2v) is 4.75. The van der Waals surface area contributed by atoms with Crippen LogP contribution >= 0.6 is 0 Å². The van der Waals surface area contributed by atoms with Gasteiger partial charge in [-0.05, 0) is 23.3 Å². The smallest absolute Gasteiger partial charge is 0.326 e. The second kappa shape index (κ2) is 5.21. The van der Waals surface area contributed by atoms with Crippen molar-refractivity contribution in [3.63, 3.8) is 0 Å². The fourth-order valence-corrected chi connectivity index (χ4v) is 2.06. The summed E-state index contributed by atoms with van der Waals surface area (Å²) >= 11 is 0. The van der Waals surface area contributed by atoms with Crippen LogP contribution in [-0.4, -0.2) is 21.9 Å². The zero-order chi connectivity index (χ0) is 15.7. The molecule has 7 nitrogen and oxygen atoms in total. The Morgan fingerprint density at radius 3 is 2.00 bits per heavy atom. The molecule has 22 heavy (non-hydrogen) atoms. The van der Waals surface area contributed by atoms with Crippen molar-refractivity contribution >= 4 is 30.7 Å². The third-order valence-corrected chi connectivity index (χ3v) is 3.07. The average molecular weight is 296 g/mol. The van der Waals surface area contributed by atoms with E-state index >= 15 is 0 Å². The number of urea groups is 1. The molecule has 1 fully saturated rings. The number of carbonyl (C=O) groups excluding carboxylic acids is 2. The summed E-state index contributed by atoms with van der Waals surface area (Å²) in [4.78, 5) is 39.4. The average Bonchev–Trinajstić information content (AvgIpc) is 2.94. The summed E-state index contributed by atoms with van der Waals surface area (Å²) in [6, 6.07) is 6.61. The van der Waals surface area contributed by atoms with E-state index in [-0.39, 0.29) is 11.3 Å². The van der Waals surface area contributed by atoms with Gasteiger partial charge in [-0.3, -0.25) is 14.9 Å². The maximum Gasteiger partial charge on any atom is 0.326 e. The first-order valence-corrected chi connectivity index (χ1v) is 6.44. The molecule has 1 aromatic heterocycles. The third kappa shape index (κ3) is 2.73. The van der Waals surface area contributed by atoms with Crippen LogP contribution < -0.4 is 27.0 Å². The van der Waals surface area contributed by atoms with Crippen LogP contribution in [0.4, 0.5) is 4.79 Å². The van der Waals surface area contributed by atoms with Crippen LogP contribution in [0, 0.1) is 0 Å². The lowest BCUT2D eigenvalue weighted by molar-refractivity contribution is -0.115. The number of rotatable bonds is 2. The molecule has 3 rings (SSSR count). The number of nitrogens with one attached hydrogen (secondary N) is 4. The Hall–Kier alpha value is -3.35. The van der Waals surface area contributed by atoms with Crippen molar-refractivity contribution in [3.8, 4) is 0 Å². The standard InChI is InChI=1S/C15H12N4O3/c1-8-16-11(13(20)17-8)6-9-2-4-10(5-3-9)7-12-14(21)19-15(22)18-12/h2-7,16H,1H2,(H,17,20)(H2,18,19,21,22)/b11-6-,12-7+. The molecule has 1 aliphatic rings. The summed E-state index contributed by atoms with van der Waals surface area (Å²) in [5, 5.41) is 4.96. The first-order valence-electron chi connectivity index (χ1n) is 6.44. The van der Waals surface area contributed by atoms with Gasteiger partial charge >= 0.3 is 6.03 Å². The monoisotopic (exact) mass is 296 g/mol. The first kappa shape index (κ1) is 13.6. The van der Waals surface area contributed by atoms with Gasteiger partial charge in [0, 0.05) is 0 Å². The third-order valence-electron chi connectivity index (χ3n) is 3.07. The van der Waals surface area contributed by atoms with Crippen LogP contribution in [0.25, 0.3) is 18.7 Å². The predicted molar refractivity (Wildman–Crippen MR) is 80.8 cm³/mol. The van der Waals surface area contributed by atoms with Gasteiger partial charge in [-0.1, -0.05) is 30.8 Å². The topological polar surface area (TPSA) is 107 Å². The van der Waals surface area contributed by atoms with Crippen LogP contribution in [0.5, 0.6) is 0 Å². The minimum Gasteiger partial charge on any atom is -0.338 e. The molecule has 1 aromatic carbocycles. The molecule has 1 aliphatic heterocycles. The predicted octanol–water partition coefficient (Wildman–Crippen LogP) is -0.878. The lowest BCUT2D eigenvalue weighted by Gasteiger charge is -1.97. The maximum atomic E-state index is 11.6. The first-order chi connectivity index (χ1) is 10.5. The van der Waals surface area contributed by atoms with Crippen molar-refractivity contribution < 1.29 is 9.59 Å². The molecule has 0 spiro atoms. The molecule has 1 saturated heterocycles. The van der Waals surface area contributed by atoms with E-state index in [0.29, 0.717) is 10.8 Å². The number of amides is 3. The van der Waals surface area contributed by atoms with E-state index < -0.39 is 11.9 Å². The van der Waals surface area contributed by atoms with Gasteiger partial charge in [0.2, 0.25) is 0 Å². The number of hydrogen-bond acceptors (Lipinski definition) is 3. The summed E-state index contributed by atoms with van der Waals surface area (Å²) in [6.45, 7) is 3.62. The highest BCUT2D eigenvalue weighted by Crippen LogP contribution is 2.10. The second-order valence-electron chi connectivity index (χ2n) is 4.75. The van der Waals surface area contributed by atoms with Crippen LogP contribution in [0.15, 0.2) is 34.8 Å². The number of carbonyl (C=O) groups is 2. The van der Waals surface area contributed by atoms with Crippen molar-refractivity contribution in [1.29, 1.82) is 0 Å². The minimum absolute atomic E-state index is 0.198. The van der Waals surface area contributed by atoms with Gasteiger partial charge in [-0.25, -0.2) is 4.79 Å². The number of H-pyrrole nitrogens is 2. The van der Waals surface area contributed by atoms with Crippen molar-refractivity contribution in [2.45, 2.75) is 0 Å². The number of aromatic amines is 2. The summed E-state index contributed by atoms with van der Waals surface area (Å²) in [7, 11) is 0. The van der Waals surface area contributed by atoms with Crippen molar-refractivity contribution in [2.24, 2.45) is 0 Å². The van der Waals surface area contributed by atoms with Crippen molar-refractivity contribution in [1.82, 2.24) is 20.6 Å². The highest BCUT2D eigenvalue weighted by molar-refractivity contribution is 6.13. The largest absolute Gasteiger partial charge is 0.338 e. The van der Waals surface area contributed by atoms with E-state index in [0.717, 1.165) is 11.1 Å². The molecule has 0 atom stereocenters. The zero-order valence-electron chi connectivity index (χ0n) is 11.4.